The molecule has 0 aliphatic carbocycles. The second kappa shape index (κ2) is 5.68. The molecule has 1 N–H and O–H groups in total. The smallest absolute Gasteiger partial charge is 0.235 e. The molecule has 0 unspecified atom stereocenters. The maximum Gasteiger partial charge on any atom is 0.235 e. The highest BCUT2D eigenvalue weighted by Gasteiger charge is 2.05. The Balaban J connectivity index is 1.83. The van der Waals surface area contributed by atoms with Gasteiger partial charge >= 0.3 is 0 Å². The van der Waals surface area contributed by atoms with Gasteiger partial charge in [0.25, 0.3) is 0 Å². The maximum atomic E-state index is 11.7. The van der Waals surface area contributed by atoms with Crippen LogP contribution in [0.2, 0.25) is 0 Å². The van der Waals surface area contributed by atoms with E-state index in [-0.39, 0.29) is 5.91 Å². The fourth-order valence-electron chi connectivity index (χ4n) is 1.34. The molecule has 1 amide bonds. The summed E-state index contributed by atoms with van der Waals surface area (Å²) in [6.07, 6.45) is 5.34. The Bertz CT molecular complexity index is 535. The summed E-state index contributed by atoms with van der Waals surface area (Å²) in [5.41, 5.74) is 1.07. The van der Waals surface area contributed by atoms with E-state index in [4.69, 9.17) is 0 Å². The second-order valence-corrected chi connectivity index (χ2v) is 4.96. The Morgan fingerprint density at radius 3 is 2.89 bits per heavy atom. The number of anilines is 1. The van der Waals surface area contributed by atoms with Crippen molar-refractivity contribution in [1.29, 1.82) is 0 Å². The van der Waals surface area contributed by atoms with Crippen LogP contribution in [0.15, 0.2) is 35.6 Å². The van der Waals surface area contributed by atoms with Gasteiger partial charge in [0.2, 0.25) is 5.91 Å². The van der Waals surface area contributed by atoms with Gasteiger partial charge in [0.1, 0.15) is 5.82 Å². The summed E-state index contributed by atoms with van der Waals surface area (Å²) in [7, 11) is 1.85. The van der Waals surface area contributed by atoms with E-state index < -0.39 is 0 Å². The van der Waals surface area contributed by atoms with Crippen molar-refractivity contribution >= 4 is 23.5 Å². The molecule has 0 saturated heterocycles. The topological polar surface area (TPSA) is 59.8 Å². The lowest BCUT2D eigenvalue weighted by atomic mass is 10.3. The number of pyridine rings is 1. The molecule has 0 radical (unpaired) electrons. The fraction of sp³-hybridized carbons (Fsp3) is 0.250. The number of aromatic nitrogens is 3. The first-order valence-corrected chi connectivity index (χ1v) is 6.46. The molecule has 0 bridgehead atoms. The number of hydrogen-bond acceptors (Lipinski definition) is 4. The Kier molecular flexibility index (Phi) is 3.99. The molecule has 2 heterocycles. The van der Waals surface area contributed by atoms with E-state index in [2.05, 4.69) is 15.4 Å². The van der Waals surface area contributed by atoms with Crippen LogP contribution in [0.1, 0.15) is 5.56 Å². The van der Waals surface area contributed by atoms with Gasteiger partial charge in [-0.2, -0.15) is 5.10 Å². The first-order chi connectivity index (χ1) is 8.63. The summed E-state index contributed by atoms with van der Waals surface area (Å²) in [4.78, 5) is 16.8. The van der Waals surface area contributed by atoms with E-state index in [1.54, 1.807) is 23.1 Å². The normalized spacial score (nSPS) is 10.3. The van der Waals surface area contributed by atoms with Crippen LogP contribution in [-0.2, 0) is 11.8 Å². The minimum atomic E-state index is -0.0693. The molecule has 0 spiro atoms. The van der Waals surface area contributed by atoms with Gasteiger partial charge < -0.3 is 5.32 Å². The molecule has 2 aromatic rings. The summed E-state index contributed by atoms with van der Waals surface area (Å²) < 4.78 is 1.71. The van der Waals surface area contributed by atoms with Crippen LogP contribution in [-0.4, -0.2) is 26.4 Å². The quantitative estimate of drug-likeness (QED) is 0.854. The molecular formula is C12H14N4OS. The van der Waals surface area contributed by atoms with Gasteiger partial charge in [-0.1, -0.05) is 6.07 Å². The van der Waals surface area contributed by atoms with Gasteiger partial charge in [0.05, 0.1) is 11.9 Å². The number of carbonyl (C=O) groups is 1. The number of nitrogens with zero attached hydrogens (tertiary/aromatic N) is 3. The molecular weight excluding hydrogens is 248 g/mol. The summed E-state index contributed by atoms with van der Waals surface area (Å²) in [6, 6.07) is 3.71. The lowest BCUT2D eigenvalue weighted by Crippen LogP contribution is -2.14. The minimum absolute atomic E-state index is 0.0693. The maximum absolute atomic E-state index is 11.7. The van der Waals surface area contributed by atoms with Crippen LogP contribution in [0.3, 0.4) is 0 Å². The van der Waals surface area contributed by atoms with Crippen LogP contribution >= 0.6 is 11.8 Å². The molecule has 6 heteroatoms. The summed E-state index contributed by atoms with van der Waals surface area (Å²) in [5, 5.41) is 6.79. The predicted molar refractivity (Wildman–Crippen MR) is 71.5 cm³/mol. The van der Waals surface area contributed by atoms with E-state index >= 15 is 0 Å². The summed E-state index contributed by atoms with van der Waals surface area (Å²) in [5.74, 6) is 0.860. The van der Waals surface area contributed by atoms with Gasteiger partial charge in [-0.25, -0.2) is 4.98 Å². The van der Waals surface area contributed by atoms with Crippen molar-refractivity contribution in [3.05, 3.63) is 36.3 Å². The monoisotopic (exact) mass is 262 g/mol. The standard InChI is InChI=1S/C12H14N4OS/c1-9-3-4-11(13-5-9)15-12(17)8-18-10-6-14-16(2)7-10/h3-7H,8H2,1-2H3,(H,13,15,17). The fourth-order valence-corrected chi connectivity index (χ4v) is 2.06. The highest BCUT2D eigenvalue weighted by atomic mass is 32.2. The number of amides is 1. The minimum Gasteiger partial charge on any atom is -0.310 e. The highest BCUT2D eigenvalue weighted by molar-refractivity contribution is 8.00. The number of rotatable bonds is 4. The molecule has 2 rings (SSSR count). The van der Waals surface area contributed by atoms with E-state index in [1.807, 2.05) is 26.2 Å². The molecule has 5 nitrogen and oxygen atoms in total. The molecule has 2 aromatic heterocycles. The van der Waals surface area contributed by atoms with Crippen molar-refractivity contribution in [1.82, 2.24) is 14.8 Å². The van der Waals surface area contributed by atoms with Crippen LogP contribution in [0, 0.1) is 6.92 Å². The van der Waals surface area contributed by atoms with Gasteiger partial charge in [0, 0.05) is 24.3 Å². The third-order valence-electron chi connectivity index (χ3n) is 2.23. The molecule has 94 valence electrons. The van der Waals surface area contributed by atoms with E-state index in [1.165, 1.54) is 11.8 Å². The van der Waals surface area contributed by atoms with Crippen molar-refractivity contribution in [2.75, 3.05) is 11.1 Å². The molecule has 0 aromatic carbocycles. The Morgan fingerprint density at radius 1 is 1.44 bits per heavy atom. The van der Waals surface area contributed by atoms with Crippen LogP contribution < -0.4 is 5.32 Å². The summed E-state index contributed by atoms with van der Waals surface area (Å²) >= 11 is 1.45. The number of carbonyl (C=O) groups excluding carboxylic acids is 1. The van der Waals surface area contributed by atoms with Gasteiger partial charge in [-0.05, 0) is 18.6 Å². The van der Waals surface area contributed by atoms with Crippen molar-refractivity contribution in [2.45, 2.75) is 11.8 Å². The predicted octanol–water partition coefficient (Wildman–Crippen LogP) is 1.85. The second-order valence-electron chi connectivity index (χ2n) is 3.91. The third kappa shape index (κ3) is 3.59. The largest absolute Gasteiger partial charge is 0.310 e. The lowest BCUT2D eigenvalue weighted by molar-refractivity contribution is -0.113. The average molecular weight is 262 g/mol. The number of aryl methyl sites for hydroxylation is 2. The van der Waals surface area contributed by atoms with Gasteiger partial charge in [-0.15, -0.1) is 11.8 Å². The zero-order valence-electron chi connectivity index (χ0n) is 10.3. The Labute approximate surface area is 110 Å². The molecule has 18 heavy (non-hydrogen) atoms. The zero-order chi connectivity index (χ0) is 13.0. The first-order valence-electron chi connectivity index (χ1n) is 5.47. The Morgan fingerprint density at radius 2 is 2.28 bits per heavy atom. The highest BCUT2D eigenvalue weighted by Crippen LogP contribution is 2.16. The number of hydrogen-bond donors (Lipinski definition) is 1. The van der Waals surface area contributed by atoms with Crippen LogP contribution in [0.4, 0.5) is 5.82 Å². The molecule has 0 aliphatic heterocycles. The third-order valence-corrected chi connectivity index (χ3v) is 3.18. The van der Waals surface area contributed by atoms with Crippen molar-refractivity contribution in [2.24, 2.45) is 7.05 Å². The average Bonchev–Trinajstić information content (AvgIpc) is 2.76. The van der Waals surface area contributed by atoms with Gasteiger partial charge in [-0.3, -0.25) is 9.48 Å². The molecule has 0 saturated carbocycles. The van der Waals surface area contributed by atoms with E-state index in [0.29, 0.717) is 11.6 Å². The molecule has 0 aliphatic rings. The van der Waals surface area contributed by atoms with Crippen molar-refractivity contribution in [3.63, 3.8) is 0 Å². The molecule has 0 atom stereocenters. The van der Waals surface area contributed by atoms with Crippen molar-refractivity contribution < 1.29 is 4.79 Å². The van der Waals surface area contributed by atoms with Crippen LogP contribution in [0.5, 0.6) is 0 Å². The van der Waals surface area contributed by atoms with Crippen LogP contribution in [0.25, 0.3) is 0 Å². The van der Waals surface area contributed by atoms with E-state index in [9.17, 15) is 4.79 Å². The summed E-state index contributed by atoms with van der Waals surface area (Å²) in [6.45, 7) is 1.96. The zero-order valence-corrected chi connectivity index (χ0v) is 11.1. The first kappa shape index (κ1) is 12.6. The number of nitrogens with one attached hydrogen (secondary N) is 1. The SMILES string of the molecule is Cc1ccc(NC(=O)CSc2cnn(C)c2)nc1. The number of thioether (sulfide) groups is 1. The Hall–Kier alpha value is -1.82. The van der Waals surface area contributed by atoms with E-state index in [0.717, 1.165) is 10.5 Å². The van der Waals surface area contributed by atoms with Crippen molar-refractivity contribution in [3.8, 4) is 0 Å². The molecule has 0 fully saturated rings. The van der Waals surface area contributed by atoms with Gasteiger partial charge in [0.15, 0.2) is 0 Å². The lowest BCUT2D eigenvalue weighted by Gasteiger charge is -2.03.